The number of H-pyrrole nitrogens is 2. The molecule has 0 radical (unpaired) electrons. The minimum absolute atomic E-state index is 0.184. The molecule has 0 saturated heterocycles. The average molecular weight is 376 g/mol. The van der Waals surface area contributed by atoms with Crippen LogP contribution in [-0.4, -0.2) is 47.6 Å². The molecule has 1 aromatic heterocycles. The van der Waals surface area contributed by atoms with E-state index in [4.69, 9.17) is 9.47 Å². The van der Waals surface area contributed by atoms with E-state index < -0.39 is 17.2 Å². The number of nitrogens with one attached hydrogen (secondary N) is 4. The van der Waals surface area contributed by atoms with Crippen LogP contribution >= 0.6 is 0 Å². The van der Waals surface area contributed by atoms with Crippen molar-refractivity contribution in [3.63, 3.8) is 0 Å². The summed E-state index contributed by atoms with van der Waals surface area (Å²) in [4.78, 5) is 36.1. The van der Waals surface area contributed by atoms with Gasteiger partial charge in [0.25, 0.3) is 11.5 Å². The lowest BCUT2D eigenvalue weighted by atomic mass is 10.2. The highest BCUT2D eigenvalue weighted by molar-refractivity contribution is 5.87. The van der Waals surface area contributed by atoms with Crippen molar-refractivity contribution in [2.24, 2.45) is 5.10 Å². The minimum atomic E-state index is -0.737. The van der Waals surface area contributed by atoms with Crippen LogP contribution in [0.3, 0.4) is 0 Å². The van der Waals surface area contributed by atoms with Gasteiger partial charge in [0.15, 0.2) is 11.5 Å². The Kier molecular flexibility index (Phi) is 7.11. The Balaban J connectivity index is 1.97. The highest BCUT2D eigenvalue weighted by atomic mass is 16.5. The maximum atomic E-state index is 11.8. The molecule has 11 heteroatoms. The summed E-state index contributed by atoms with van der Waals surface area (Å²) in [6, 6.07) is 5.31. The van der Waals surface area contributed by atoms with Crippen molar-refractivity contribution >= 4 is 17.9 Å². The molecule has 0 unspecified atom stereocenters. The number of aromatic amines is 2. The number of nitrogens with zero attached hydrogens (tertiary/aromatic N) is 2. The summed E-state index contributed by atoms with van der Waals surface area (Å²) in [5.74, 6) is 0.389. The van der Waals surface area contributed by atoms with Gasteiger partial charge in [0.2, 0.25) is 5.82 Å². The molecule has 11 nitrogen and oxygen atoms in total. The zero-order valence-electron chi connectivity index (χ0n) is 14.9. The second-order valence-electron chi connectivity index (χ2n) is 5.23. The van der Waals surface area contributed by atoms with Crippen LogP contribution in [0.5, 0.6) is 11.5 Å². The van der Waals surface area contributed by atoms with Crippen LogP contribution in [-0.2, 0) is 4.79 Å². The minimum Gasteiger partial charge on any atom is -0.493 e. The van der Waals surface area contributed by atoms with Crippen LogP contribution in [0.2, 0.25) is 0 Å². The number of methoxy groups -OCH3 is 1. The lowest BCUT2D eigenvalue weighted by Crippen LogP contribution is -2.31. The number of anilines is 1. The van der Waals surface area contributed by atoms with E-state index in [0.717, 1.165) is 6.42 Å². The van der Waals surface area contributed by atoms with Crippen LogP contribution in [0, 0.1) is 0 Å². The first-order chi connectivity index (χ1) is 13.0. The lowest BCUT2D eigenvalue weighted by Gasteiger charge is -2.12. The number of aromatic nitrogens is 3. The van der Waals surface area contributed by atoms with E-state index in [1.807, 2.05) is 11.9 Å². The van der Waals surface area contributed by atoms with E-state index in [1.54, 1.807) is 18.2 Å². The molecular weight excluding hydrogens is 356 g/mol. The molecule has 1 aromatic carbocycles. The fourth-order valence-corrected chi connectivity index (χ4v) is 2.00. The van der Waals surface area contributed by atoms with Crippen molar-refractivity contribution in [1.29, 1.82) is 0 Å². The van der Waals surface area contributed by atoms with Crippen molar-refractivity contribution in [2.75, 3.05) is 25.6 Å². The third-order valence-electron chi connectivity index (χ3n) is 3.20. The zero-order chi connectivity index (χ0) is 19.6. The molecule has 0 aliphatic rings. The Morgan fingerprint density at radius 1 is 1.37 bits per heavy atom. The number of rotatable bonds is 9. The quantitative estimate of drug-likeness (QED) is 0.350. The summed E-state index contributed by atoms with van der Waals surface area (Å²) in [6.07, 6.45) is 2.26. The number of para-hydroxylation sites is 1. The second-order valence-corrected chi connectivity index (χ2v) is 5.23. The summed E-state index contributed by atoms with van der Waals surface area (Å²) in [7, 11) is 1.54. The van der Waals surface area contributed by atoms with Crippen LogP contribution in [0.1, 0.15) is 18.9 Å². The number of benzene rings is 1. The van der Waals surface area contributed by atoms with Crippen molar-refractivity contribution in [3.05, 3.63) is 44.6 Å². The van der Waals surface area contributed by atoms with Gasteiger partial charge in [-0.1, -0.05) is 13.0 Å². The summed E-state index contributed by atoms with van der Waals surface area (Å²) < 4.78 is 10.9. The van der Waals surface area contributed by atoms with E-state index in [0.29, 0.717) is 23.7 Å². The first kappa shape index (κ1) is 19.7. The fourth-order valence-electron chi connectivity index (χ4n) is 2.00. The molecule has 0 atom stereocenters. The van der Waals surface area contributed by atoms with Crippen molar-refractivity contribution in [3.8, 4) is 11.5 Å². The van der Waals surface area contributed by atoms with E-state index in [2.05, 4.69) is 26.0 Å². The van der Waals surface area contributed by atoms with Gasteiger partial charge >= 0.3 is 5.69 Å². The molecule has 0 bridgehead atoms. The maximum absolute atomic E-state index is 11.8. The van der Waals surface area contributed by atoms with Gasteiger partial charge in [0.1, 0.15) is 0 Å². The molecule has 2 aromatic rings. The Hall–Kier alpha value is -3.63. The van der Waals surface area contributed by atoms with E-state index in [-0.39, 0.29) is 12.4 Å². The fraction of sp³-hybridized carbons (Fsp3) is 0.312. The molecule has 144 valence electrons. The smallest absolute Gasteiger partial charge is 0.342 e. The Bertz CT molecular complexity index is 920. The molecule has 0 saturated carbocycles. The SMILES string of the molecule is CCCOc1c(/C=N/NC(=O)CNc2n[nH]c(=O)[nH]c2=O)cccc1OC. The largest absolute Gasteiger partial charge is 0.493 e. The first-order valence-electron chi connectivity index (χ1n) is 8.09. The average Bonchev–Trinajstić information content (AvgIpc) is 2.66. The third-order valence-corrected chi connectivity index (χ3v) is 3.20. The van der Waals surface area contributed by atoms with Gasteiger partial charge < -0.3 is 14.8 Å². The summed E-state index contributed by atoms with van der Waals surface area (Å²) in [5, 5.41) is 11.9. The van der Waals surface area contributed by atoms with E-state index in [1.165, 1.54) is 13.3 Å². The second kappa shape index (κ2) is 9.75. The van der Waals surface area contributed by atoms with Crippen molar-refractivity contribution < 1.29 is 14.3 Å². The standard InChI is InChI=1S/C16H20N6O5/c1-3-7-27-13-10(5-4-6-11(13)26-2)8-18-20-12(23)9-17-14-15(24)19-16(25)22-21-14/h4-6,8H,3,7,9H2,1-2H3,(H,17,21)(H,20,23)(H2,19,22,24,25)/b18-8+. The van der Waals surface area contributed by atoms with E-state index in [9.17, 15) is 14.4 Å². The molecule has 2 rings (SSSR count). The summed E-state index contributed by atoms with van der Waals surface area (Å²) >= 11 is 0. The number of hydrogen-bond acceptors (Lipinski definition) is 8. The Labute approximate surface area is 153 Å². The zero-order valence-corrected chi connectivity index (χ0v) is 14.9. The highest BCUT2D eigenvalue weighted by Gasteiger charge is 2.09. The molecular formula is C16H20N6O5. The first-order valence-corrected chi connectivity index (χ1v) is 8.09. The normalized spacial score (nSPS) is 10.6. The number of hydrazone groups is 1. The van der Waals surface area contributed by atoms with Gasteiger partial charge in [-0.05, 0) is 18.6 Å². The molecule has 0 aliphatic carbocycles. The molecule has 27 heavy (non-hydrogen) atoms. The Morgan fingerprint density at radius 3 is 2.89 bits per heavy atom. The van der Waals surface area contributed by atoms with Gasteiger partial charge in [0, 0.05) is 5.56 Å². The van der Waals surface area contributed by atoms with Gasteiger partial charge in [-0.3, -0.25) is 14.6 Å². The molecule has 0 aliphatic heterocycles. The predicted octanol–water partition coefficient (Wildman–Crippen LogP) is -0.182. The number of carbonyl (C=O) groups excluding carboxylic acids is 1. The molecule has 0 spiro atoms. The monoisotopic (exact) mass is 376 g/mol. The number of carbonyl (C=O) groups is 1. The van der Waals surface area contributed by atoms with Crippen LogP contribution in [0.4, 0.5) is 5.82 Å². The van der Waals surface area contributed by atoms with Gasteiger partial charge in [0.05, 0.1) is 26.5 Å². The van der Waals surface area contributed by atoms with Crippen molar-refractivity contribution in [2.45, 2.75) is 13.3 Å². The predicted molar refractivity (Wildman–Crippen MR) is 98.5 cm³/mol. The number of amides is 1. The topological polar surface area (TPSA) is 151 Å². The molecule has 0 fully saturated rings. The van der Waals surface area contributed by atoms with Crippen LogP contribution < -0.4 is 31.5 Å². The Morgan fingerprint density at radius 2 is 2.19 bits per heavy atom. The number of hydrogen-bond donors (Lipinski definition) is 4. The van der Waals surface area contributed by atoms with Crippen LogP contribution in [0.15, 0.2) is 32.9 Å². The number of ether oxygens (including phenoxy) is 2. The van der Waals surface area contributed by atoms with E-state index >= 15 is 0 Å². The lowest BCUT2D eigenvalue weighted by molar-refractivity contribution is -0.119. The highest BCUT2D eigenvalue weighted by Crippen LogP contribution is 2.30. The molecule has 1 heterocycles. The molecule has 4 N–H and O–H groups in total. The maximum Gasteiger partial charge on any atom is 0.342 e. The molecule has 1 amide bonds. The third kappa shape index (κ3) is 5.70. The summed E-state index contributed by atoms with van der Waals surface area (Å²) in [5.41, 5.74) is 1.48. The van der Waals surface area contributed by atoms with Crippen LogP contribution in [0.25, 0.3) is 0 Å². The van der Waals surface area contributed by atoms with Crippen molar-refractivity contribution in [1.82, 2.24) is 20.6 Å². The van der Waals surface area contributed by atoms with Gasteiger partial charge in [-0.15, -0.1) is 5.10 Å². The summed E-state index contributed by atoms with van der Waals surface area (Å²) in [6.45, 7) is 2.23. The van der Waals surface area contributed by atoms with Gasteiger partial charge in [-0.25, -0.2) is 15.3 Å². The van der Waals surface area contributed by atoms with Gasteiger partial charge in [-0.2, -0.15) is 5.10 Å².